The smallest absolute Gasteiger partial charge is 0.339 e. The maximum Gasteiger partial charge on any atom is 0.339 e. The highest BCUT2D eigenvalue weighted by Gasteiger charge is 2.25. The van der Waals surface area contributed by atoms with Crippen molar-refractivity contribution < 1.29 is 9.52 Å². The zero-order valence-electron chi connectivity index (χ0n) is 14.5. The summed E-state index contributed by atoms with van der Waals surface area (Å²) in [5.74, 6) is 0.0241. The summed E-state index contributed by atoms with van der Waals surface area (Å²) in [5.41, 5.74) is 2.17. The fraction of sp³-hybridized carbons (Fsp3) is 0.526. The first-order chi connectivity index (χ1) is 11.4. The van der Waals surface area contributed by atoms with E-state index in [1.54, 1.807) is 13.0 Å². The van der Waals surface area contributed by atoms with Gasteiger partial charge in [-0.2, -0.15) is 0 Å². The Morgan fingerprint density at radius 3 is 2.79 bits per heavy atom. The molecule has 24 heavy (non-hydrogen) atoms. The van der Waals surface area contributed by atoms with Gasteiger partial charge < -0.3 is 9.52 Å². The van der Waals surface area contributed by atoms with Crippen molar-refractivity contribution in [2.24, 2.45) is 0 Å². The first-order valence-electron chi connectivity index (χ1n) is 8.62. The third-order valence-electron chi connectivity index (χ3n) is 5.35. The van der Waals surface area contributed by atoms with Crippen LogP contribution in [0.2, 0.25) is 5.02 Å². The molecule has 130 valence electrons. The van der Waals surface area contributed by atoms with Crippen molar-refractivity contribution in [2.45, 2.75) is 59.0 Å². The van der Waals surface area contributed by atoms with E-state index in [1.807, 2.05) is 6.92 Å². The summed E-state index contributed by atoms with van der Waals surface area (Å²) in [6.45, 7) is 7.36. The standard InChI is InChI=1S/C19H24ClNO3/c1-4-13-7-5-6-8-21(13)10-15-17(22)16(20)9-14-11(2)12(3)19(23)24-18(14)15/h9,13,22H,4-8,10H2,1-3H3. The molecule has 0 radical (unpaired) electrons. The van der Waals surface area contributed by atoms with Gasteiger partial charge in [-0.25, -0.2) is 4.79 Å². The van der Waals surface area contributed by atoms with Gasteiger partial charge in [0, 0.05) is 23.5 Å². The molecule has 0 bridgehead atoms. The summed E-state index contributed by atoms with van der Waals surface area (Å²) in [4.78, 5) is 14.5. The molecule has 4 nitrogen and oxygen atoms in total. The molecule has 3 rings (SSSR count). The molecular formula is C19H24ClNO3. The molecule has 1 saturated heterocycles. The number of benzene rings is 1. The van der Waals surface area contributed by atoms with E-state index in [2.05, 4.69) is 11.8 Å². The molecule has 5 heteroatoms. The number of piperidine rings is 1. The number of fused-ring (bicyclic) bond motifs is 1. The topological polar surface area (TPSA) is 53.7 Å². The van der Waals surface area contributed by atoms with E-state index in [4.69, 9.17) is 16.0 Å². The third kappa shape index (κ3) is 2.93. The highest BCUT2D eigenvalue weighted by atomic mass is 35.5. The number of hydrogen-bond acceptors (Lipinski definition) is 4. The summed E-state index contributed by atoms with van der Waals surface area (Å²) in [5, 5.41) is 11.6. The normalized spacial score (nSPS) is 19.1. The summed E-state index contributed by atoms with van der Waals surface area (Å²) >= 11 is 6.26. The first kappa shape index (κ1) is 17.3. The van der Waals surface area contributed by atoms with Crippen molar-refractivity contribution in [1.29, 1.82) is 0 Å². The molecule has 0 amide bonds. The molecule has 0 aliphatic carbocycles. The summed E-state index contributed by atoms with van der Waals surface area (Å²) in [6, 6.07) is 2.18. The van der Waals surface area contributed by atoms with Crippen molar-refractivity contribution >= 4 is 22.6 Å². The molecule has 1 aromatic heterocycles. The Labute approximate surface area is 147 Å². The van der Waals surface area contributed by atoms with Crippen LogP contribution in [0.15, 0.2) is 15.3 Å². The summed E-state index contributed by atoms with van der Waals surface area (Å²) in [6.07, 6.45) is 4.63. The lowest BCUT2D eigenvalue weighted by Gasteiger charge is -2.35. The first-order valence-corrected chi connectivity index (χ1v) is 9.00. The minimum absolute atomic E-state index is 0.0241. The van der Waals surface area contributed by atoms with Crippen LogP contribution in [0.25, 0.3) is 11.0 Å². The fourth-order valence-electron chi connectivity index (χ4n) is 3.67. The van der Waals surface area contributed by atoms with Crippen LogP contribution in [0.5, 0.6) is 5.75 Å². The van der Waals surface area contributed by atoms with Gasteiger partial charge in [-0.1, -0.05) is 24.9 Å². The van der Waals surface area contributed by atoms with Crippen molar-refractivity contribution in [3.8, 4) is 5.75 Å². The Balaban J connectivity index is 2.15. The lowest BCUT2D eigenvalue weighted by molar-refractivity contribution is 0.135. The number of hydrogen-bond donors (Lipinski definition) is 1. The van der Waals surface area contributed by atoms with Crippen LogP contribution in [0.3, 0.4) is 0 Å². The molecule has 1 unspecified atom stereocenters. The molecule has 1 aromatic carbocycles. The van der Waals surface area contributed by atoms with E-state index in [9.17, 15) is 9.90 Å². The molecule has 2 heterocycles. The quantitative estimate of drug-likeness (QED) is 0.827. The van der Waals surface area contributed by atoms with Gasteiger partial charge in [-0.15, -0.1) is 0 Å². The molecule has 1 N–H and O–H groups in total. The monoisotopic (exact) mass is 349 g/mol. The van der Waals surface area contributed by atoms with Crippen LogP contribution >= 0.6 is 11.6 Å². The third-order valence-corrected chi connectivity index (χ3v) is 5.64. The van der Waals surface area contributed by atoms with Crippen LogP contribution in [-0.4, -0.2) is 22.6 Å². The molecule has 1 atom stereocenters. The maximum atomic E-state index is 12.1. The number of halogens is 1. The number of nitrogens with zero attached hydrogens (tertiary/aromatic N) is 1. The minimum Gasteiger partial charge on any atom is -0.506 e. The minimum atomic E-state index is -0.353. The van der Waals surface area contributed by atoms with E-state index in [0.29, 0.717) is 34.3 Å². The van der Waals surface area contributed by atoms with Crippen LogP contribution < -0.4 is 5.63 Å². The number of aromatic hydroxyl groups is 1. The zero-order valence-corrected chi connectivity index (χ0v) is 15.2. The molecule has 1 aliphatic rings. The van der Waals surface area contributed by atoms with Crippen molar-refractivity contribution in [1.82, 2.24) is 4.90 Å². The Morgan fingerprint density at radius 2 is 2.08 bits per heavy atom. The van der Waals surface area contributed by atoms with E-state index >= 15 is 0 Å². The van der Waals surface area contributed by atoms with Gasteiger partial charge in [0.15, 0.2) is 0 Å². The van der Waals surface area contributed by atoms with Crippen LogP contribution in [0.4, 0.5) is 0 Å². The largest absolute Gasteiger partial charge is 0.506 e. The van der Waals surface area contributed by atoms with Gasteiger partial charge >= 0.3 is 5.63 Å². The average molecular weight is 350 g/mol. The van der Waals surface area contributed by atoms with Gasteiger partial charge in [-0.05, 0) is 51.3 Å². The zero-order chi connectivity index (χ0) is 17.4. The van der Waals surface area contributed by atoms with Crippen LogP contribution in [0.1, 0.15) is 49.3 Å². The Kier molecular flexibility index (Phi) is 4.88. The highest BCUT2D eigenvalue weighted by Crippen LogP contribution is 2.37. The highest BCUT2D eigenvalue weighted by molar-refractivity contribution is 6.33. The van der Waals surface area contributed by atoms with Crippen molar-refractivity contribution in [2.75, 3.05) is 6.54 Å². The predicted octanol–water partition coefficient (Wildman–Crippen LogP) is 4.53. The second-order valence-corrected chi connectivity index (χ2v) is 7.14. The van der Waals surface area contributed by atoms with E-state index in [0.717, 1.165) is 36.8 Å². The van der Waals surface area contributed by atoms with Crippen molar-refractivity contribution in [3.05, 3.63) is 38.2 Å². The predicted molar refractivity (Wildman–Crippen MR) is 97.0 cm³/mol. The van der Waals surface area contributed by atoms with Crippen molar-refractivity contribution in [3.63, 3.8) is 0 Å². The van der Waals surface area contributed by atoms with Gasteiger partial charge in [0.25, 0.3) is 0 Å². The van der Waals surface area contributed by atoms with Gasteiger partial charge in [-0.3, -0.25) is 4.90 Å². The molecule has 1 aliphatic heterocycles. The number of likely N-dealkylation sites (tertiary alicyclic amines) is 1. The number of aryl methyl sites for hydroxylation is 1. The van der Waals surface area contributed by atoms with E-state index in [1.165, 1.54) is 6.42 Å². The summed E-state index contributed by atoms with van der Waals surface area (Å²) < 4.78 is 5.55. The van der Waals surface area contributed by atoms with E-state index < -0.39 is 0 Å². The molecule has 1 fully saturated rings. The Bertz CT molecular complexity index is 828. The SMILES string of the molecule is CCC1CCCCN1Cc1c(O)c(Cl)cc2c(C)c(C)c(=O)oc12. The Hall–Kier alpha value is -1.52. The second-order valence-electron chi connectivity index (χ2n) is 6.73. The van der Waals surface area contributed by atoms with Gasteiger partial charge in [0.2, 0.25) is 0 Å². The number of rotatable bonds is 3. The number of phenols is 1. The van der Waals surface area contributed by atoms with E-state index in [-0.39, 0.29) is 11.4 Å². The molecule has 0 saturated carbocycles. The molecule has 2 aromatic rings. The maximum absolute atomic E-state index is 12.1. The summed E-state index contributed by atoms with van der Waals surface area (Å²) in [7, 11) is 0. The molecule has 0 spiro atoms. The second kappa shape index (κ2) is 6.77. The fourth-order valence-corrected chi connectivity index (χ4v) is 3.90. The van der Waals surface area contributed by atoms with Gasteiger partial charge in [0.05, 0.1) is 10.6 Å². The lowest BCUT2D eigenvalue weighted by Crippen LogP contribution is -2.38. The van der Waals surface area contributed by atoms with Crippen LogP contribution in [-0.2, 0) is 6.54 Å². The van der Waals surface area contributed by atoms with Crippen LogP contribution in [0, 0.1) is 13.8 Å². The number of phenolic OH excluding ortho intramolecular Hbond substituents is 1. The average Bonchev–Trinajstić information content (AvgIpc) is 2.58. The van der Waals surface area contributed by atoms with Gasteiger partial charge in [0.1, 0.15) is 11.3 Å². The molecular weight excluding hydrogens is 326 g/mol. The Morgan fingerprint density at radius 1 is 1.33 bits per heavy atom. The lowest BCUT2D eigenvalue weighted by atomic mass is 9.98.